The van der Waals surface area contributed by atoms with Crippen molar-refractivity contribution < 1.29 is 27.8 Å². The molecule has 0 aromatic heterocycles. The van der Waals surface area contributed by atoms with Gasteiger partial charge in [0.1, 0.15) is 0 Å². The SMILES string of the molecule is O=C(O)Cc1c(Cl)ccc(OC(F)F)c1F. The lowest BCUT2D eigenvalue weighted by atomic mass is 10.1. The van der Waals surface area contributed by atoms with Crippen molar-refractivity contribution in [3.63, 3.8) is 0 Å². The average molecular weight is 255 g/mol. The van der Waals surface area contributed by atoms with Gasteiger partial charge in [0, 0.05) is 10.6 Å². The third-order valence-corrected chi connectivity index (χ3v) is 2.05. The summed E-state index contributed by atoms with van der Waals surface area (Å²) in [6.07, 6.45) is -0.703. The zero-order valence-electron chi connectivity index (χ0n) is 7.71. The van der Waals surface area contributed by atoms with E-state index in [1.165, 1.54) is 0 Å². The number of ether oxygens (including phenoxy) is 1. The average Bonchev–Trinajstić information content (AvgIpc) is 2.16. The molecular formula is C9H6ClF3O3. The van der Waals surface area contributed by atoms with Crippen molar-refractivity contribution in [2.24, 2.45) is 0 Å². The van der Waals surface area contributed by atoms with Gasteiger partial charge in [-0.3, -0.25) is 4.79 Å². The fourth-order valence-electron chi connectivity index (χ4n) is 1.08. The van der Waals surface area contributed by atoms with Gasteiger partial charge in [0.25, 0.3) is 0 Å². The summed E-state index contributed by atoms with van der Waals surface area (Å²) in [6, 6.07) is 2.01. The summed E-state index contributed by atoms with van der Waals surface area (Å²) in [5.41, 5.74) is -0.382. The molecule has 0 spiro atoms. The molecule has 1 rings (SSSR count). The zero-order chi connectivity index (χ0) is 12.3. The molecule has 0 amide bonds. The fraction of sp³-hybridized carbons (Fsp3) is 0.222. The van der Waals surface area contributed by atoms with E-state index in [0.29, 0.717) is 0 Å². The molecule has 1 aromatic rings. The van der Waals surface area contributed by atoms with Crippen LogP contribution in [0.25, 0.3) is 0 Å². The van der Waals surface area contributed by atoms with Crippen molar-refractivity contribution in [2.75, 3.05) is 0 Å². The second-order valence-electron chi connectivity index (χ2n) is 2.79. The summed E-state index contributed by atoms with van der Waals surface area (Å²) in [4.78, 5) is 10.4. The molecule has 0 saturated carbocycles. The van der Waals surface area contributed by atoms with Crippen LogP contribution in [-0.4, -0.2) is 17.7 Å². The highest BCUT2D eigenvalue weighted by Gasteiger charge is 2.18. The third kappa shape index (κ3) is 3.03. The van der Waals surface area contributed by atoms with E-state index in [0.717, 1.165) is 12.1 Å². The number of carboxylic acid groups (broad SMARTS) is 1. The molecule has 0 heterocycles. The third-order valence-electron chi connectivity index (χ3n) is 1.69. The first-order chi connectivity index (χ1) is 7.41. The van der Waals surface area contributed by atoms with Gasteiger partial charge in [0.2, 0.25) is 0 Å². The number of benzene rings is 1. The molecule has 0 radical (unpaired) electrons. The van der Waals surface area contributed by atoms with Gasteiger partial charge in [-0.25, -0.2) is 4.39 Å². The van der Waals surface area contributed by atoms with E-state index >= 15 is 0 Å². The van der Waals surface area contributed by atoms with Crippen molar-refractivity contribution in [1.82, 2.24) is 0 Å². The summed E-state index contributed by atoms with van der Waals surface area (Å²) in [5, 5.41) is 8.32. The summed E-state index contributed by atoms with van der Waals surface area (Å²) in [7, 11) is 0. The summed E-state index contributed by atoms with van der Waals surface area (Å²) >= 11 is 5.54. The highest BCUT2D eigenvalue weighted by molar-refractivity contribution is 6.31. The topological polar surface area (TPSA) is 46.5 Å². The number of carbonyl (C=O) groups is 1. The Bertz CT molecular complexity index is 409. The Hall–Kier alpha value is -1.43. The molecule has 88 valence electrons. The maximum Gasteiger partial charge on any atom is 0.387 e. The zero-order valence-corrected chi connectivity index (χ0v) is 8.47. The van der Waals surface area contributed by atoms with Crippen LogP contribution in [0.3, 0.4) is 0 Å². The molecule has 16 heavy (non-hydrogen) atoms. The lowest BCUT2D eigenvalue weighted by molar-refractivity contribution is -0.136. The molecule has 0 aliphatic heterocycles. The first-order valence-electron chi connectivity index (χ1n) is 4.05. The van der Waals surface area contributed by atoms with Crippen molar-refractivity contribution in [3.05, 3.63) is 28.5 Å². The number of hydrogen-bond acceptors (Lipinski definition) is 2. The van der Waals surface area contributed by atoms with Gasteiger partial charge in [-0.05, 0) is 12.1 Å². The minimum atomic E-state index is -3.19. The van der Waals surface area contributed by atoms with Crippen LogP contribution in [0.2, 0.25) is 5.02 Å². The Morgan fingerprint density at radius 2 is 2.12 bits per heavy atom. The van der Waals surface area contributed by atoms with Crippen molar-refractivity contribution in [2.45, 2.75) is 13.0 Å². The van der Waals surface area contributed by atoms with E-state index in [1.54, 1.807) is 0 Å². The number of halogens is 4. The van der Waals surface area contributed by atoms with Crippen LogP contribution in [0.4, 0.5) is 13.2 Å². The molecule has 0 saturated heterocycles. The fourth-order valence-corrected chi connectivity index (χ4v) is 1.29. The molecule has 7 heteroatoms. The van der Waals surface area contributed by atoms with Gasteiger partial charge in [0.15, 0.2) is 11.6 Å². The summed E-state index contributed by atoms with van der Waals surface area (Å²) in [5.74, 6) is -3.24. The Balaban J connectivity index is 3.10. The Labute approximate surface area is 93.4 Å². The second kappa shape index (κ2) is 5.07. The number of carboxylic acids is 1. The highest BCUT2D eigenvalue weighted by Crippen LogP contribution is 2.28. The van der Waals surface area contributed by atoms with E-state index in [9.17, 15) is 18.0 Å². The van der Waals surface area contributed by atoms with E-state index in [-0.39, 0.29) is 10.6 Å². The maximum absolute atomic E-state index is 13.4. The smallest absolute Gasteiger partial charge is 0.387 e. The van der Waals surface area contributed by atoms with Gasteiger partial charge in [0.05, 0.1) is 6.42 Å². The molecule has 1 aromatic carbocycles. The normalized spacial score (nSPS) is 10.6. The summed E-state index contributed by atoms with van der Waals surface area (Å²) < 4.78 is 41.0. The largest absolute Gasteiger partial charge is 0.481 e. The van der Waals surface area contributed by atoms with E-state index in [2.05, 4.69) is 4.74 Å². The Morgan fingerprint density at radius 1 is 1.50 bits per heavy atom. The standard InChI is InChI=1S/C9H6ClF3O3/c10-5-1-2-6(16-9(12)13)8(11)4(5)3-7(14)15/h1-2,9H,3H2,(H,14,15). The van der Waals surface area contributed by atoms with Crippen LogP contribution in [-0.2, 0) is 11.2 Å². The molecule has 3 nitrogen and oxygen atoms in total. The van der Waals surface area contributed by atoms with E-state index < -0.39 is 30.6 Å². The molecular weight excluding hydrogens is 249 g/mol. The second-order valence-corrected chi connectivity index (χ2v) is 3.19. The lowest BCUT2D eigenvalue weighted by Crippen LogP contribution is -2.08. The Kier molecular flexibility index (Phi) is 4.00. The van der Waals surface area contributed by atoms with E-state index in [1.807, 2.05) is 0 Å². The molecule has 0 aliphatic carbocycles. The predicted octanol–water partition coefficient (Wildman–Crippen LogP) is 2.71. The lowest BCUT2D eigenvalue weighted by Gasteiger charge is -2.09. The van der Waals surface area contributed by atoms with Crippen LogP contribution < -0.4 is 4.74 Å². The maximum atomic E-state index is 13.4. The molecule has 1 N–H and O–H groups in total. The predicted molar refractivity (Wildman–Crippen MR) is 49.4 cm³/mol. The van der Waals surface area contributed by atoms with Gasteiger partial charge in [-0.15, -0.1) is 0 Å². The quantitative estimate of drug-likeness (QED) is 0.899. The van der Waals surface area contributed by atoms with Gasteiger partial charge < -0.3 is 9.84 Å². The Morgan fingerprint density at radius 3 is 2.62 bits per heavy atom. The molecule has 0 bridgehead atoms. The molecule has 0 fully saturated rings. The van der Waals surface area contributed by atoms with Crippen molar-refractivity contribution in [1.29, 1.82) is 0 Å². The first kappa shape index (κ1) is 12.6. The van der Waals surface area contributed by atoms with Crippen LogP contribution in [0.5, 0.6) is 5.75 Å². The number of hydrogen-bond donors (Lipinski definition) is 1. The van der Waals surface area contributed by atoms with Gasteiger partial charge in [-0.1, -0.05) is 11.6 Å². The van der Waals surface area contributed by atoms with Crippen molar-refractivity contribution in [3.8, 4) is 5.75 Å². The van der Waals surface area contributed by atoms with Crippen LogP contribution in [0.1, 0.15) is 5.56 Å². The minimum Gasteiger partial charge on any atom is -0.481 e. The van der Waals surface area contributed by atoms with Crippen molar-refractivity contribution >= 4 is 17.6 Å². The van der Waals surface area contributed by atoms with Crippen LogP contribution >= 0.6 is 11.6 Å². The molecule has 0 atom stereocenters. The first-order valence-corrected chi connectivity index (χ1v) is 4.43. The minimum absolute atomic E-state index is 0.151. The van der Waals surface area contributed by atoms with Crippen LogP contribution in [0, 0.1) is 5.82 Å². The van der Waals surface area contributed by atoms with Gasteiger partial charge >= 0.3 is 12.6 Å². The van der Waals surface area contributed by atoms with E-state index in [4.69, 9.17) is 16.7 Å². The molecule has 0 aliphatic rings. The molecule has 0 unspecified atom stereocenters. The highest BCUT2D eigenvalue weighted by atomic mass is 35.5. The monoisotopic (exact) mass is 254 g/mol. The number of rotatable bonds is 4. The van der Waals surface area contributed by atoms with Crippen LogP contribution in [0.15, 0.2) is 12.1 Å². The summed E-state index contributed by atoms with van der Waals surface area (Å²) in [6.45, 7) is -3.19. The van der Waals surface area contributed by atoms with Gasteiger partial charge in [-0.2, -0.15) is 8.78 Å². The number of aliphatic carboxylic acids is 1. The number of alkyl halides is 2.